The third-order valence-corrected chi connectivity index (χ3v) is 2.44. The lowest BCUT2D eigenvalue weighted by Crippen LogP contribution is -2.37. The molecule has 0 aromatic carbocycles. The zero-order valence-corrected chi connectivity index (χ0v) is 10.8. The summed E-state index contributed by atoms with van der Waals surface area (Å²) in [5, 5.41) is 2.71. The van der Waals surface area contributed by atoms with Gasteiger partial charge in [-0.25, -0.2) is 4.98 Å². The molecule has 0 aliphatic heterocycles. The molecule has 0 aliphatic rings. The molecule has 6 heteroatoms. The van der Waals surface area contributed by atoms with E-state index < -0.39 is 0 Å². The third-order valence-electron chi connectivity index (χ3n) is 2.44. The van der Waals surface area contributed by atoms with Gasteiger partial charge in [0, 0.05) is 32.3 Å². The minimum atomic E-state index is -0.224. The Morgan fingerprint density at radius 1 is 1.50 bits per heavy atom. The Morgan fingerprint density at radius 3 is 2.83 bits per heavy atom. The van der Waals surface area contributed by atoms with E-state index in [4.69, 9.17) is 4.74 Å². The topological polar surface area (TPSA) is 71.5 Å². The summed E-state index contributed by atoms with van der Waals surface area (Å²) in [4.78, 5) is 27.9. The summed E-state index contributed by atoms with van der Waals surface area (Å²) in [5.74, 6) is 0.112. The van der Waals surface area contributed by atoms with Gasteiger partial charge in [-0.05, 0) is 6.07 Å². The van der Waals surface area contributed by atoms with E-state index >= 15 is 0 Å². The average molecular weight is 251 g/mol. The Bertz CT molecular complexity index is 434. The fraction of sp³-hybridized carbons (Fsp3) is 0.417. The summed E-state index contributed by atoms with van der Waals surface area (Å²) in [6, 6.07) is 3.59. The van der Waals surface area contributed by atoms with Gasteiger partial charge in [0.15, 0.2) is 0 Å². The molecule has 1 N–H and O–H groups in total. The highest BCUT2D eigenvalue weighted by Crippen LogP contribution is 2.12. The molecule has 0 atom stereocenters. The number of rotatable bonds is 5. The smallest absolute Gasteiger partial charge is 0.239 e. The van der Waals surface area contributed by atoms with E-state index in [0.717, 1.165) is 5.56 Å². The van der Waals surface area contributed by atoms with Crippen LogP contribution in [0, 0.1) is 0 Å². The minimum Gasteiger partial charge on any atom is -0.481 e. The Morgan fingerprint density at radius 2 is 2.22 bits per heavy atom. The van der Waals surface area contributed by atoms with Crippen LogP contribution in [0.1, 0.15) is 12.5 Å². The van der Waals surface area contributed by atoms with Gasteiger partial charge >= 0.3 is 0 Å². The summed E-state index contributed by atoms with van der Waals surface area (Å²) in [6.45, 7) is 1.77. The highest BCUT2D eigenvalue weighted by Gasteiger charge is 2.09. The molecule has 1 heterocycles. The second kappa shape index (κ2) is 6.58. The fourth-order valence-corrected chi connectivity index (χ4v) is 1.32. The van der Waals surface area contributed by atoms with Gasteiger partial charge in [-0.15, -0.1) is 0 Å². The number of hydrogen-bond acceptors (Lipinski definition) is 4. The molecule has 0 aliphatic carbocycles. The molecule has 0 bridgehead atoms. The van der Waals surface area contributed by atoms with E-state index in [1.54, 1.807) is 19.3 Å². The lowest BCUT2D eigenvalue weighted by atomic mass is 10.2. The molecule has 1 aromatic heterocycles. The normalized spacial score (nSPS) is 9.72. The molecule has 0 unspecified atom stereocenters. The second-order valence-corrected chi connectivity index (χ2v) is 3.82. The Kier molecular flexibility index (Phi) is 5.10. The predicted octanol–water partition coefficient (Wildman–Crippen LogP) is 0.185. The monoisotopic (exact) mass is 251 g/mol. The van der Waals surface area contributed by atoms with Crippen molar-refractivity contribution in [2.45, 2.75) is 13.5 Å². The van der Waals surface area contributed by atoms with Crippen LogP contribution in [0.3, 0.4) is 0 Å². The number of ether oxygens (including phenoxy) is 1. The Balaban J connectivity index is 2.50. The number of amides is 2. The van der Waals surface area contributed by atoms with Gasteiger partial charge < -0.3 is 15.0 Å². The molecule has 0 spiro atoms. The zero-order chi connectivity index (χ0) is 13.5. The van der Waals surface area contributed by atoms with Crippen LogP contribution in [-0.4, -0.2) is 42.4 Å². The molecule has 1 aromatic rings. The Labute approximate surface area is 106 Å². The molecular weight excluding hydrogens is 234 g/mol. The van der Waals surface area contributed by atoms with Gasteiger partial charge in [-0.3, -0.25) is 9.59 Å². The maximum absolute atomic E-state index is 11.6. The van der Waals surface area contributed by atoms with Crippen LogP contribution in [0.5, 0.6) is 5.88 Å². The highest BCUT2D eigenvalue weighted by molar-refractivity contribution is 5.83. The first-order chi connectivity index (χ1) is 8.54. The zero-order valence-electron chi connectivity index (χ0n) is 10.8. The summed E-state index contributed by atoms with van der Waals surface area (Å²) in [7, 11) is 3.10. The third kappa shape index (κ3) is 4.04. The molecular formula is C12H17N3O3. The summed E-state index contributed by atoms with van der Waals surface area (Å²) in [5.41, 5.74) is 0.791. The molecule has 18 heavy (non-hydrogen) atoms. The van der Waals surface area contributed by atoms with Crippen LogP contribution in [-0.2, 0) is 16.1 Å². The molecule has 0 fully saturated rings. The van der Waals surface area contributed by atoms with Crippen molar-refractivity contribution in [2.75, 3.05) is 20.7 Å². The van der Waals surface area contributed by atoms with E-state index in [0.29, 0.717) is 12.4 Å². The van der Waals surface area contributed by atoms with Crippen LogP contribution in [0.15, 0.2) is 18.3 Å². The van der Waals surface area contributed by atoms with Crippen molar-refractivity contribution in [1.82, 2.24) is 15.2 Å². The van der Waals surface area contributed by atoms with Crippen LogP contribution in [0.25, 0.3) is 0 Å². The van der Waals surface area contributed by atoms with Gasteiger partial charge in [0.25, 0.3) is 0 Å². The average Bonchev–Trinajstić information content (AvgIpc) is 2.36. The quantitative estimate of drug-likeness (QED) is 0.810. The lowest BCUT2D eigenvalue weighted by Gasteiger charge is -2.14. The van der Waals surface area contributed by atoms with Crippen molar-refractivity contribution < 1.29 is 14.3 Å². The molecule has 0 radical (unpaired) electrons. The van der Waals surface area contributed by atoms with E-state index in [-0.39, 0.29) is 18.4 Å². The molecule has 6 nitrogen and oxygen atoms in total. The van der Waals surface area contributed by atoms with E-state index in [1.807, 2.05) is 6.07 Å². The lowest BCUT2D eigenvalue weighted by molar-refractivity contribution is -0.133. The van der Waals surface area contributed by atoms with Crippen molar-refractivity contribution >= 4 is 11.8 Å². The number of carbonyl (C=O) groups is 2. The molecule has 0 saturated carbocycles. The number of likely N-dealkylation sites (N-methyl/N-ethyl adjacent to an activating group) is 1. The highest BCUT2D eigenvalue weighted by atomic mass is 16.5. The largest absolute Gasteiger partial charge is 0.481 e. The van der Waals surface area contributed by atoms with Gasteiger partial charge in [0.2, 0.25) is 17.7 Å². The number of nitrogens with zero attached hydrogens (tertiary/aromatic N) is 2. The summed E-state index contributed by atoms with van der Waals surface area (Å²) >= 11 is 0. The van der Waals surface area contributed by atoms with E-state index in [9.17, 15) is 9.59 Å². The van der Waals surface area contributed by atoms with Gasteiger partial charge in [-0.2, -0.15) is 0 Å². The fourth-order valence-electron chi connectivity index (χ4n) is 1.32. The van der Waals surface area contributed by atoms with Crippen LogP contribution in [0.2, 0.25) is 0 Å². The van der Waals surface area contributed by atoms with Gasteiger partial charge in [0.1, 0.15) is 0 Å². The SMILES string of the molecule is COc1ncccc1CNC(=O)CN(C)C(C)=O. The standard InChI is InChI=1S/C12H17N3O3/c1-9(16)15(2)8-11(17)14-7-10-5-4-6-13-12(10)18-3/h4-6H,7-8H2,1-3H3,(H,14,17). The second-order valence-electron chi connectivity index (χ2n) is 3.82. The van der Waals surface area contributed by atoms with Gasteiger partial charge in [0.05, 0.1) is 13.7 Å². The number of aromatic nitrogens is 1. The first-order valence-electron chi connectivity index (χ1n) is 5.51. The van der Waals surface area contributed by atoms with E-state index in [2.05, 4.69) is 10.3 Å². The molecule has 1 rings (SSSR count). The molecule has 98 valence electrons. The maximum atomic E-state index is 11.6. The Hall–Kier alpha value is -2.11. The summed E-state index contributed by atoms with van der Waals surface area (Å²) < 4.78 is 5.07. The number of methoxy groups -OCH3 is 1. The van der Waals surface area contributed by atoms with E-state index in [1.165, 1.54) is 18.9 Å². The maximum Gasteiger partial charge on any atom is 0.239 e. The number of hydrogen-bond donors (Lipinski definition) is 1. The number of nitrogens with one attached hydrogen (secondary N) is 1. The van der Waals surface area contributed by atoms with Crippen LogP contribution >= 0.6 is 0 Å². The van der Waals surface area contributed by atoms with Gasteiger partial charge in [-0.1, -0.05) is 6.07 Å². The first-order valence-corrected chi connectivity index (χ1v) is 5.51. The molecule has 0 saturated heterocycles. The summed E-state index contributed by atoms with van der Waals surface area (Å²) in [6.07, 6.45) is 1.62. The first kappa shape index (κ1) is 14.0. The van der Waals surface area contributed by atoms with Crippen molar-refractivity contribution in [3.8, 4) is 5.88 Å². The molecule has 2 amide bonds. The van der Waals surface area contributed by atoms with Crippen molar-refractivity contribution in [1.29, 1.82) is 0 Å². The van der Waals surface area contributed by atoms with Crippen molar-refractivity contribution in [2.24, 2.45) is 0 Å². The minimum absolute atomic E-state index is 0.0396. The van der Waals surface area contributed by atoms with Crippen molar-refractivity contribution in [3.05, 3.63) is 23.9 Å². The van der Waals surface area contributed by atoms with Crippen molar-refractivity contribution in [3.63, 3.8) is 0 Å². The van der Waals surface area contributed by atoms with Crippen LogP contribution < -0.4 is 10.1 Å². The number of pyridine rings is 1. The van der Waals surface area contributed by atoms with Crippen LogP contribution in [0.4, 0.5) is 0 Å². The predicted molar refractivity (Wildman–Crippen MR) is 65.9 cm³/mol. The number of carbonyl (C=O) groups excluding carboxylic acids is 2.